The minimum Gasteiger partial charge on any atom is -0.723 e. The summed E-state index contributed by atoms with van der Waals surface area (Å²) in [5.41, 5.74) is 0. The van der Waals surface area contributed by atoms with E-state index in [1.807, 2.05) is 0 Å². The van der Waals surface area contributed by atoms with Crippen LogP contribution < -0.4 is 5.26 Å². The predicted octanol–water partition coefficient (Wildman–Crippen LogP) is 4.20. The lowest BCUT2D eigenvalue weighted by molar-refractivity contribution is -0.936. The van der Waals surface area contributed by atoms with Crippen LogP contribution in [0.1, 0.15) is 90.4 Å². The lowest BCUT2D eigenvalue weighted by Crippen LogP contribution is -2.54. The van der Waals surface area contributed by atoms with Crippen molar-refractivity contribution in [3.8, 4) is 0 Å². The van der Waals surface area contributed by atoms with E-state index in [-0.39, 0.29) is 0 Å². The van der Waals surface area contributed by atoms with Gasteiger partial charge in [0.2, 0.25) is 0 Å². The van der Waals surface area contributed by atoms with Crippen LogP contribution in [0.5, 0.6) is 0 Å². The van der Waals surface area contributed by atoms with E-state index in [4.69, 9.17) is 0 Å². The van der Waals surface area contributed by atoms with Gasteiger partial charge in [-0.1, -0.05) is 58.3 Å². The highest BCUT2D eigenvalue weighted by Crippen LogP contribution is 2.20. The Balaban J connectivity index is 2.01. The Hall–Kier alpha value is -0.120. The van der Waals surface area contributed by atoms with Gasteiger partial charge in [-0.25, -0.2) is 0 Å². The zero-order valence-electron chi connectivity index (χ0n) is 15.0. The van der Waals surface area contributed by atoms with Crippen molar-refractivity contribution in [2.75, 3.05) is 32.8 Å². The summed E-state index contributed by atoms with van der Waals surface area (Å²) < 4.78 is 1.15. The lowest BCUT2D eigenvalue weighted by Gasteiger charge is -2.42. The highest BCUT2D eigenvalue weighted by atomic mass is 17.1. The molecule has 1 saturated heterocycles. The molecule has 0 unspecified atom stereocenters. The Labute approximate surface area is 138 Å². The van der Waals surface area contributed by atoms with Crippen molar-refractivity contribution in [3.63, 3.8) is 0 Å². The van der Waals surface area contributed by atoms with E-state index in [9.17, 15) is 5.26 Å². The number of hydrogen-bond acceptors (Lipinski definition) is 2. The van der Waals surface area contributed by atoms with Crippen molar-refractivity contribution in [1.29, 1.82) is 0 Å². The zero-order valence-corrected chi connectivity index (χ0v) is 15.0. The molecule has 1 rings (SSSR count). The fraction of sp³-hybridized carbons (Fsp3) is 1.00. The first kappa shape index (κ1) is 19.9. The van der Waals surface area contributed by atoms with Gasteiger partial charge in [-0.2, -0.15) is 0 Å². The van der Waals surface area contributed by atoms with E-state index in [0.717, 1.165) is 11.0 Å². The summed E-state index contributed by atoms with van der Waals surface area (Å²) in [5.74, 6) is 0. The summed E-state index contributed by atoms with van der Waals surface area (Å²) in [5, 5.41) is 10.3. The summed E-state index contributed by atoms with van der Waals surface area (Å²) in [6.07, 6.45) is 18.0. The molecular weight excluding hydrogens is 274 g/mol. The van der Waals surface area contributed by atoms with E-state index < -0.39 is 0 Å². The van der Waals surface area contributed by atoms with Gasteiger partial charge in [-0.05, 0) is 32.1 Å². The average Bonchev–Trinajstić information content (AvgIpc) is 2.56. The maximum Gasteiger partial charge on any atom is 0.101 e. The summed E-state index contributed by atoms with van der Waals surface area (Å²) in [7, 11) is 0. The minimum absolute atomic E-state index is 0.387. The molecule has 0 aromatic heterocycles. The average molecular weight is 314 g/mol. The van der Waals surface area contributed by atoms with E-state index in [1.165, 1.54) is 103 Å². The SMILES string of the molecule is CCCCCCCCCCCC[N+]1(CCO[O-])CCCCC1. The first-order valence-electron chi connectivity index (χ1n) is 9.93. The lowest BCUT2D eigenvalue weighted by atomic mass is 10.0. The monoisotopic (exact) mass is 313 g/mol. The Bertz CT molecular complexity index is 240. The van der Waals surface area contributed by atoms with Crippen LogP contribution in [0.3, 0.4) is 0 Å². The molecule has 0 radical (unpaired) electrons. The van der Waals surface area contributed by atoms with Crippen LogP contribution in [0.4, 0.5) is 0 Å². The third kappa shape index (κ3) is 9.12. The predicted molar refractivity (Wildman–Crippen MR) is 91.4 cm³/mol. The minimum atomic E-state index is 0.387. The van der Waals surface area contributed by atoms with Crippen molar-refractivity contribution in [2.45, 2.75) is 90.4 Å². The van der Waals surface area contributed by atoms with Crippen LogP contribution >= 0.6 is 0 Å². The quantitative estimate of drug-likeness (QED) is 0.208. The van der Waals surface area contributed by atoms with E-state index in [0.29, 0.717) is 6.61 Å². The Kier molecular flexibility index (Phi) is 12.1. The number of likely N-dealkylation sites (tertiary alicyclic amines) is 1. The largest absolute Gasteiger partial charge is 0.723 e. The molecule has 1 fully saturated rings. The molecule has 22 heavy (non-hydrogen) atoms. The highest BCUT2D eigenvalue weighted by Gasteiger charge is 2.28. The van der Waals surface area contributed by atoms with Crippen LogP contribution in [-0.4, -0.2) is 37.3 Å². The first-order valence-corrected chi connectivity index (χ1v) is 9.93. The molecule has 3 heteroatoms. The number of nitrogens with zero attached hydrogens (tertiary/aromatic N) is 1. The topological polar surface area (TPSA) is 32.3 Å². The van der Waals surface area contributed by atoms with Gasteiger partial charge in [0.15, 0.2) is 0 Å². The normalized spacial score (nSPS) is 17.7. The maximum atomic E-state index is 10.3. The summed E-state index contributed by atoms with van der Waals surface area (Å²) in [6.45, 7) is 7.39. The first-order chi connectivity index (χ1) is 10.8. The van der Waals surface area contributed by atoms with Crippen molar-refractivity contribution in [1.82, 2.24) is 0 Å². The van der Waals surface area contributed by atoms with E-state index >= 15 is 0 Å². The molecule has 0 bridgehead atoms. The molecule has 0 aromatic carbocycles. The number of unbranched alkanes of at least 4 members (excludes halogenated alkanes) is 9. The third-order valence-electron chi connectivity index (χ3n) is 5.40. The maximum absolute atomic E-state index is 10.3. The summed E-state index contributed by atoms with van der Waals surface area (Å²) >= 11 is 0. The number of hydrogen-bond donors (Lipinski definition) is 0. The molecular formula is C19H39NO2. The fourth-order valence-electron chi connectivity index (χ4n) is 3.91. The van der Waals surface area contributed by atoms with Crippen molar-refractivity contribution in [2.24, 2.45) is 0 Å². The van der Waals surface area contributed by atoms with Gasteiger partial charge in [-0.3, -0.25) is 0 Å². The summed E-state index contributed by atoms with van der Waals surface area (Å²) in [4.78, 5) is 4.10. The molecule has 0 amide bonds. The third-order valence-corrected chi connectivity index (χ3v) is 5.40. The van der Waals surface area contributed by atoms with E-state index in [2.05, 4.69) is 11.8 Å². The Morgan fingerprint density at radius 3 is 1.82 bits per heavy atom. The molecule has 3 nitrogen and oxygen atoms in total. The van der Waals surface area contributed by atoms with Gasteiger partial charge in [0.25, 0.3) is 0 Å². The van der Waals surface area contributed by atoms with Crippen LogP contribution in [0.15, 0.2) is 0 Å². The molecule has 0 spiro atoms. The van der Waals surface area contributed by atoms with E-state index in [1.54, 1.807) is 0 Å². The molecule has 1 aliphatic heterocycles. The Morgan fingerprint density at radius 2 is 1.27 bits per heavy atom. The molecule has 0 N–H and O–H groups in total. The van der Waals surface area contributed by atoms with Gasteiger partial charge in [0.1, 0.15) is 6.54 Å². The molecule has 0 atom stereocenters. The van der Waals surface area contributed by atoms with Crippen molar-refractivity contribution < 1.29 is 14.6 Å². The smallest absolute Gasteiger partial charge is 0.101 e. The second-order valence-electron chi connectivity index (χ2n) is 7.30. The molecule has 132 valence electrons. The Morgan fingerprint density at radius 1 is 0.727 bits per heavy atom. The number of quaternary nitrogens is 1. The molecule has 0 aromatic rings. The van der Waals surface area contributed by atoms with Crippen molar-refractivity contribution >= 4 is 0 Å². The molecule has 1 aliphatic rings. The summed E-state index contributed by atoms with van der Waals surface area (Å²) in [6, 6.07) is 0. The second kappa shape index (κ2) is 13.3. The van der Waals surface area contributed by atoms with Crippen LogP contribution in [0, 0.1) is 0 Å². The highest BCUT2D eigenvalue weighted by molar-refractivity contribution is 4.56. The van der Waals surface area contributed by atoms with Crippen LogP contribution in [-0.2, 0) is 4.89 Å². The van der Waals surface area contributed by atoms with Gasteiger partial charge in [0, 0.05) is 0 Å². The van der Waals surface area contributed by atoms with Gasteiger partial charge < -0.3 is 14.6 Å². The zero-order chi connectivity index (χ0) is 15.9. The number of rotatable bonds is 14. The molecule has 0 saturated carbocycles. The van der Waals surface area contributed by atoms with Crippen LogP contribution in [0.2, 0.25) is 0 Å². The van der Waals surface area contributed by atoms with Crippen molar-refractivity contribution in [3.05, 3.63) is 0 Å². The van der Waals surface area contributed by atoms with Gasteiger partial charge in [0.05, 0.1) is 26.2 Å². The molecule has 0 aliphatic carbocycles. The second-order valence-corrected chi connectivity index (χ2v) is 7.30. The fourth-order valence-corrected chi connectivity index (χ4v) is 3.91. The number of piperidine rings is 1. The van der Waals surface area contributed by atoms with Gasteiger partial charge >= 0.3 is 0 Å². The van der Waals surface area contributed by atoms with Gasteiger partial charge in [-0.15, -0.1) is 0 Å². The standard InChI is InChI=1S/C19H39NO2/c1-2-3-4-5-6-7-8-9-10-12-15-20(18-19-22-21)16-13-11-14-17-20/h2-19H2,1H3. The van der Waals surface area contributed by atoms with Crippen LogP contribution in [0.25, 0.3) is 0 Å². The molecule has 1 heterocycles.